The number of amides is 1. The van der Waals surface area contributed by atoms with Gasteiger partial charge in [0.2, 0.25) is 5.82 Å². The van der Waals surface area contributed by atoms with E-state index in [0.29, 0.717) is 0 Å². The molecule has 1 aromatic rings. The summed E-state index contributed by atoms with van der Waals surface area (Å²) in [6.07, 6.45) is 3.88. The van der Waals surface area contributed by atoms with Gasteiger partial charge in [0, 0.05) is 19.5 Å². The highest BCUT2D eigenvalue weighted by atomic mass is 16.2. The predicted molar refractivity (Wildman–Crippen MR) is 66.8 cm³/mol. The van der Waals surface area contributed by atoms with Gasteiger partial charge < -0.3 is 4.90 Å². The molecule has 1 N–H and O–H groups in total. The lowest BCUT2D eigenvalue weighted by atomic mass is 10.2. The third kappa shape index (κ3) is 3.54. The van der Waals surface area contributed by atoms with Crippen molar-refractivity contribution >= 4 is 5.91 Å². The Kier molecular flexibility index (Phi) is 5.12. The molecule has 0 aliphatic heterocycles. The van der Waals surface area contributed by atoms with Gasteiger partial charge >= 0.3 is 0 Å². The molecule has 0 radical (unpaired) electrons. The number of aromatic amines is 1. The van der Waals surface area contributed by atoms with Crippen LogP contribution in [0.15, 0.2) is 0 Å². The molecule has 1 unspecified atom stereocenters. The lowest BCUT2D eigenvalue weighted by Gasteiger charge is -2.23. The maximum atomic E-state index is 12.1. The number of hydrogen-bond acceptors (Lipinski definition) is 3. The summed E-state index contributed by atoms with van der Waals surface area (Å²) in [5.74, 6) is 0.954. The highest BCUT2D eigenvalue weighted by molar-refractivity contribution is 5.90. The van der Waals surface area contributed by atoms with Crippen molar-refractivity contribution in [2.24, 2.45) is 0 Å². The SMILES string of the molecule is CCCc1nc(C(=O)N(C)C(C)CCC)n[nH]1. The molecule has 0 aromatic carbocycles. The van der Waals surface area contributed by atoms with E-state index < -0.39 is 0 Å². The van der Waals surface area contributed by atoms with Gasteiger partial charge in [0.1, 0.15) is 5.82 Å². The molecule has 0 bridgehead atoms. The average Bonchev–Trinajstić information content (AvgIpc) is 2.76. The van der Waals surface area contributed by atoms with Gasteiger partial charge in [0.25, 0.3) is 5.91 Å². The number of aromatic nitrogens is 3. The van der Waals surface area contributed by atoms with Crippen molar-refractivity contribution in [3.05, 3.63) is 11.6 Å². The Labute approximate surface area is 103 Å². The Balaban J connectivity index is 2.67. The largest absolute Gasteiger partial charge is 0.336 e. The number of carbonyl (C=O) groups is 1. The summed E-state index contributed by atoms with van der Waals surface area (Å²) in [5, 5.41) is 6.78. The number of H-pyrrole nitrogens is 1. The summed E-state index contributed by atoms with van der Waals surface area (Å²) < 4.78 is 0. The molecule has 5 heteroatoms. The van der Waals surface area contributed by atoms with Crippen molar-refractivity contribution < 1.29 is 4.79 Å². The zero-order chi connectivity index (χ0) is 12.8. The first-order valence-electron chi connectivity index (χ1n) is 6.28. The van der Waals surface area contributed by atoms with Crippen LogP contribution in [-0.4, -0.2) is 39.1 Å². The fourth-order valence-corrected chi connectivity index (χ4v) is 1.71. The number of aryl methyl sites for hydroxylation is 1. The molecule has 1 heterocycles. The molecule has 0 saturated heterocycles. The minimum atomic E-state index is -0.107. The number of nitrogens with one attached hydrogen (secondary N) is 1. The summed E-state index contributed by atoms with van der Waals surface area (Å²) in [6, 6.07) is 0.223. The van der Waals surface area contributed by atoms with Gasteiger partial charge in [-0.25, -0.2) is 4.98 Å². The molecule has 0 spiro atoms. The minimum absolute atomic E-state index is 0.107. The topological polar surface area (TPSA) is 61.9 Å². The molecule has 0 aliphatic rings. The molecule has 1 amide bonds. The molecule has 1 rings (SSSR count). The lowest BCUT2D eigenvalue weighted by Crippen LogP contribution is -2.35. The zero-order valence-corrected chi connectivity index (χ0v) is 11.2. The van der Waals surface area contributed by atoms with Crippen LogP contribution in [0, 0.1) is 0 Å². The van der Waals surface area contributed by atoms with Crippen LogP contribution in [0.25, 0.3) is 0 Å². The molecular weight excluding hydrogens is 216 g/mol. The van der Waals surface area contributed by atoms with E-state index in [4.69, 9.17) is 0 Å². The van der Waals surface area contributed by atoms with Crippen LogP contribution in [0.2, 0.25) is 0 Å². The summed E-state index contributed by atoms with van der Waals surface area (Å²) in [5.41, 5.74) is 0. The summed E-state index contributed by atoms with van der Waals surface area (Å²) in [7, 11) is 1.80. The molecule has 0 saturated carbocycles. The molecule has 5 nitrogen and oxygen atoms in total. The highest BCUT2D eigenvalue weighted by Gasteiger charge is 2.20. The molecule has 1 aromatic heterocycles. The fourth-order valence-electron chi connectivity index (χ4n) is 1.71. The van der Waals surface area contributed by atoms with E-state index in [1.807, 2.05) is 6.92 Å². The van der Waals surface area contributed by atoms with Crippen molar-refractivity contribution in [1.82, 2.24) is 20.1 Å². The average molecular weight is 238 g/mol. The normalized spacial score (nSPS) is 12.5. The van der Waals surface area contributed by atoms with Gasteiger partial charge in [-0.2, -0.15) is 0 Å². The first-order chi connectivity index (χ1) is 8.10. The Morgan fingerprint density at radius 2 is 2.12 bits per heavy atom. The van der Waals surface area contributed by atoms with Crippen LogP contribution in [0.3, 0.4) is 0 Å². The van der Waals surface area contributed by atoms with Crippen LogP contribution >= 0.6 is 0 Å². The summed E-state index contributed by atoms with van der Waals surface area (Å²) in [6.45, 7) is 6.22. The molecular formula is C12H22N4O. The van der Waals surface area contributed by atoms with Crippen molar-refractivity contribution in [2.75, 3.05) is 7.05 Å². The van der Waals surface area contributed by atoms with Gasteiger partial charge in [-0.05, 0) is 19.8 Å². The maximum absolute atomic E-state index is 12.1. The summed E-state index contributed by atoms with van der Waals surface area (Å²) in [4.78, 5) is 18.0. The van der Waals surface area contributed by atoms with Gasteiger partial charge in [-0.3, -0.25) is 9.89 Å². The van der Waals surface area contributed by atoms with E-state index in [9.17, 15) is 4.79 Å². The maximum Gasteiger partial charge on any atom is 0.293 e. The molecule has 0 aliphatic carbocycles. The minimum Gasteiger partial charge on any atom is -0.336 e. The van der Waals surface area contributed by atoms with E-state index in [1.165, 1.54) is 0 Å². The first-order valence-corrected chi connectivity index (χ1v) is 6.28. The Bertz CT molecular complexity index is 361. The van der Waals surface area contributed by atoms with Gasteiger partial charge in [-0.15, -0.1) is 5.10 Å². The van der Waals surface area contributed by atoms with Crippen LogP contribution in [-0.2, 0) is 6.42 Å². The Morgan fingerprint density at radius 1 is 1.41 bits per heavy atom. The number of rotatable bonds is 6. The van der Waals surface area contributed by atoms with Crippen LogP contribution in [0.4, 0.5) is 0 Å². The van der Waals surface area contributed by atoms with Crippen molar-refractivity contribution in [3.63, 3.8) is 0 Å². The van der Waals surface area contributed by atoms with Crippen LogP contribution in [0.5, 0.6) is 0 Å². The fraction of sp³-hybridized carbons (Fsp3) is 0.750. The highest BCUT2D eigenvalue weighted by Crippen LogP contribution is 2.07. The smallest absolute Gasteiger partial charge is 0.293 e. The van der Waals surface area contributed by atoms with Crippen LogP contribution < -0.4 is 0 Å². The molecule has 17 heavy (non-hydrogen) atoms. The van der Waals surface area contributed by atoms with E-state index in [0.717, 1.165) is 31.5 Å². The Morgan fingerprint density at radius 3 is 2.71 bits per heavy atom. The number of nitrogens with zero attached hydrogens (tertiary/aromatic N) is 3. The standard InChI is InChI=1S/C12H22N4O/c1-5-7-9(3)16(4)12(17)11-13-10(8-6-2)14-15-11/h9H,5-8H2,1-4H3,(H,13,14,15). The van der Waals surface area contributed by atoms with E-state index >= 15 is 0 Å². The van der Waals surface area contributed by atoms with Crippen molar-refractivity contribution in [3.8, 4) is 0 Å². The van der Waals surface area contributed by atoms with E-state index in [-0.39, 0.29) is 17.8 Å². The molecule has 96 valence electrons. The summed E-state index contributed by atoms with van der Waals surface area (Å²) >= 11 is 0. The van der Waals surface area contributed by atoms with E-state index in [1.54, 1.807) is 11.9 Å². The van der Waals surface area contributed by atoms with E-state index in [2.05, 4.69) is 29.0 Å². The monoisotopic (exact) mass is 238 g/mol. The third-order valence-corrected chi connectivity index (χ3v) is 2.90. The second-order valence-electron chi connectivity index (χ2n) is 4.41. The number of carbonyl (C=O) groups excluding carboxylic acids is 1. The number of hydrogen-bond donors (Lipinski definition) is 1. The van der Waals surface area contributed by atoms with Crippen LogP contribution in [0.1, 0.15) is 56.5 Å². The third-order valence-electron chi connectivity index (χ3n) is 2.90. The molecule has 1 atom stereocenters. The first kappa shape index (κ1) is 13.7. The quantitative estimate of drug-likeness (QED) is 0.824. The zero-order valence-electron chi connectivity index (χ0n) is 11.2. The van der Waals surface area contributed by atoms with Gasteiger partial charge in [0.15, 0.2) is 0 Å². The molecule has 0 fully saturated rings. The lowest BCUT2D eigenvalue weighted by molar-refractivity contribution is 0.0724. The van der Waals surface area contributed by atoms with Gasteiger partial charge in [-0.1, -0.05) is 20.3 Å². The second kappa shape index (κ2) is 6.37. The Hall–Kier alpha value is -1.39. The van der Waals surface area contributed by atoms with Crippen molar-refractivity contribution in [2.45, 2.75) is 52.5 Å². The second-order valence-corrected chi connectivity index (χ2v) is 4.41. The van der Waals surface area contributed by atoms with Gasteiger partial charge in [0.05, 0.1) is 0 Å². The predicted octanol–water partition coefficient (Wildman–Crippen LogP) is 2.02. The van der Waals surface area contributed by atoms with Crippen molar-refractivity contribution in [1.29, 1.82) is 0 Å².